The molecule has 2 saturated heterocycles. The van der Waals surface area contributed by atoms with E-state index in [9.17, 15) is 23.2 Å². The summed E-state index contributed by atoms with van der Waals surface area (Å²) in [6.07, 6.45) is 2.08. The lowest BCUT2D eigenvalue weighted by atomic mass is 9.73. The first kappa shape index (κ1) is 35.5. The summed E-state index contributed by atoms with van der Waals surface area (Å²) in [5, 5.41) is 5.14. The molecule has 0 atom stereocenters. The van der Waals surface area contributed by atoms with Crippen LogP contribution < -0.4 is 20.4 Å². The largest absolute Gasteiger partial charge is 0.381 e. The highest BCUT2D eigenvalue weighted by molar-refractivity contribution is 7.17. The smallest absolute Gasteiger partial charge is 0.268 e. The van der Waals surface area contributed by atoms with Gasteiger partial charge in [-0.1, -0.05) is 24.3 Å². The van der Waals surface area contributed by atoms with E-state index >= 15 is 4.39 Å². The van der Waals surface area contributed by atoms with E-state index in [1.807, 2.05) is 19.9 Å². The van der Waals surface area contributed by atoms with E-state index < -0.39 is 29.0 Å². The van der Waals surface area contributed by atoms with Gasteiger partial charge in [0.2, 0.25) is 0 Å². The maximum atomic E-state index is 15.9. The number of halogens is 3. The van der Waals surface area contributed by atoms with Crippen LogP contribution in [0.2, 0.25) is 0 Å². The Labute approximate surface area is 313 Å². The number of benzene rings is 3. The van der Waals surface area contributed by atoms with Crippen LogP contribution in [-0.2, 0) is 11.2 Å². The average Bonchev–Trinajstić information content (AvgIpc) is 3.39. The van der Waals surface area contributed by atoms with Crippen molar-refractivity contribution >= 4 is 51.9 Å². The summed E-state index contributed by atoms with van der Waals surface area (Å²) in [6.45, 7) is 7.14. The molecule has 0 bridgehead atoms. The zero-order valence-corrected chi connectivity index (χ0v) is 30.4. The Morgan fingerprint density at radius 3 is 2.30 bits per heavy atom. The van der Waals surface area contributed by atoms with Crippen molar-refractivity contribution in [2.45, 2.75) is 33.1 Å². The second-order valence-corrected chi connectivity index (χ2v) is 15.1. The number of hydrogen-bond donors (Lipinski definition) is 2. The molecule has 3 amide bonds. The third kappa shape index (κ3) is 6.41. The lowest BCUT2D eigenvalue weighted by Gasteiger charge is -2.53. The number of carbonyl (C=O) groups excluding carboxylic acids is 3. The van der Waals surface area contributed by atoms with Gasteiger partial charge in [0.1, 0.15) is 28.0 Å². The Bertz CT molecular complexity index is 2290. The number of amides is 3. The van der Waals surface area contributed by atoms with Crippen LogP contribution in [0.1, 0.15) is 60.1 Å². The van der Waals surface area contributed by atoms with Gasteiger partial charge < -0.3 is 25.2 Å². The number of ether oxygens (including phenoxy) is 1. The molecule has 3 aliphatic rings. The molecule has 8 rings (SSSR count). The number of rotatable bonds is 6. The molecule has 2 aromatic heterocycles. The van der Waals surface area contributed by atoms with E-state index in [-0.39, 0.29) is 40.6 Å². The van der Waals surface area contributed by atoms with Crippen molar-refractivity contribution in [1.82, 2.24) is 4.98 Å². The minimum atomic E-state index is -0.976. The van der Waals surface area contributed by atoms with Crippen molar-refractivity contribution in [3.63, 3.8) is 0 Å². The van der Waals surface area contributed by atoms with Crippen LogP contribution in [0.25, 0.3) is 10.4 Å². The zero-order valence-electron chi connectivity index (χ0n) is 29.6. The van der Waals surface area contributed by atoms with Crippen molar-refractivity contribution in [3.8, 4) is 10.4 Å². The second-order valence-electron chi connectivity index (χ2n) is 14.1. The van der Waals surface area contributed by atoms with Crippen molar-refractivity contribution < 1.29 is 32.3 Å². The van der Waals surface area contributed by atoms with Crippen molar-refractivity contribution in [2.24, 2.45) is 5.41 Å². The molecule has 0 unspecified atom stereocenters. The van der Waals surface area contributed by atoms with Crippen LogP contribution in [0.5, 0.6) is 0 Å². The Morgan fingerprint density at radius 2 is 1.57 bits per heavy atom. The van der Waals surface area contributed by atoms with Gasteiger partial charge in [0.15, 0.2) is 5.82 Å². The molecule has 13 heteroatoms. The fraction of sp³-hybridized carbons (Fsp3) is 0.268. The highest BCUT2D eigenvalue weighted by atomic mass is 32.1. The third-order valence-electron chi connectivity index (χ3n) is 10.6. The van der Waals surface area contributed by atoms with Gasteiger partial charge in [0.05, 0.1) is 11.3 Å². The monoisotopic (exact) mass is 751 g/mol. The lowest BCUT2D eigenvalue weighted by Crippen LogP contribution is -2.59. The van der Waals surface area contributed by atoms with E-state index in [0.717, 1.165) is 73.9 Å². The highest BCUT2D eigenvalue weighted by Gasteiger charge is 2.45. The van der Waals surface area contributed by atoms with Crippen LogP contribution in [0.4, 0.5) is 36.1 Å². The number of nitrogens with zero attached hydrogens (tertiary/aromatic N) is 3. The summed E-state index contributed by atoms with van der Waals surface area (Å²) in [6, 6.07) is 18.7. The summed E-state index contributed by atoms with van der Waals surface area (Å²) < 4.78 is 49.9. The van der Waals surface area contributed by atoms with Crippen LogP contribution in [0, 0.1) is 36.7 Å². The van der Waals surface area contributed by atoms with Crippen molar-refractivity contribution in [2.75, 3.05) is 53.3 Å². The normalized spacial score (nSPS) is 15.9. The molecule has 54 heavy (non-hydrogen) atoms. The molecule has 5 heterocycles. The molecule has 0 radical (unpaired) electrons. The molecule has 3 aliphatic heterocycles. The average molecular weight is 752 g/mol. The summed E-state index contributed by atoms with van der Waals surface area (Å²) in [5.41, 5.74) is 3.98. The van der Waals surface area contributed by atoms with Crippen LogP contribution in [0.3, 0.4) is 0 Å². The van der Waals surface area contributed by atoms with Gasteiger partial charge in [-0.15, -0.1) is 11.3 Å². The minimum absolute atomic E-state index is 0.0891. The number of thiophene rings is 1. The molecule has 5 aromatic rings. The molecule has 2 fully saturated rings. The summed E-state index contributed by atoms with van der Waals surface area (Å²) >= 11 is 0.865. The maximum Gasteiger partial charge on any atom is 0.268 e. The number of aryl methyl sites for hydroxylation is 2. The fourth-order valence-electron chi connectivity index (χ4n) is 7.46. The molecule has 3 aromatic carbocycles. The first-order chi connectivity index (χ1) is 26.0. The van der Waals surface area contributed by atoms with Gasteiger partial charge in [-0.05, 0) is 87.2 Å². The SMILES string of the molecule is Cc1cc(C(=O)Nc2ccc(C(=O)N3CCc4c(sc(C(=O)Nc5c(F)cccc5F)c4F)-c4ccccc43)cc2)c(N2CC3(CCOCC3)C2)nc1C. The van der Waals surface area contributed by atoms with E-state index in [2.05, 4.69) is 15.5 Å². The van der Waals surface area contributed by atoms with Gasteiger partial charge >= 0.3 is 0 Å². The standard InChI is InChI=1S/C41H36F3N5O4S/c1-23-20-29(37(45-24(23)2)48-21-41(22-48)15-18-53-19-16-41)38(50)46-26-12-10-25(11-13-26)40(52)49-17-14-28-33(44)36(54-35(28)27-6-3-4-9-32(27)49)39(51)47-34-30(42)7-5-8-31(34)43/h3-13,20H,14-19,21-22H2,1-2H3,(H,46,50)(H,47,51). The number of anilines is 4. The number of fused-ring (bicyclic) bond motifs is 3. The van der Waals surface area contributed by atoms with Crippen molar-refractivity contribution in [1.29, 1.82) is 0 Å². The first-order valence-corrected chi connectivity index (χ1v) is 18.5. The number of aromatic nitrogens is 1. The quantitative estimate of drug-likeness (QED) is 0.182. The third-order valence-corrected chi connectivity index (χ3v) is 11.8. The van der Waals surface area contributed by atoms with Gasteiger partial charge in [-0.2, -0.15) is 0 Å². The number of carbonyl (C=O) groups is 3. The minimum Gasteiger partial charge on any atom is -0.381 e. The molecule has 276 valence electrons. The predicted molar refractivity (Wildman–Crippen MR) is 202 cm³/mol. The number of nitrogens with one attached hydrogen (secondary N) is 2. The summed E-state index contributed by atoms with van der Waals surface area (Å²) in [4.78, 5) is 49.5. The van der Waals surface area contributed by atoms with Crippen molar-refractivity contribution in [3.05, 3.63) is 123 Å². The van der Waals surface area contributed by atoms with Gasteiger partial charge in [0, 0.05) is 71.2 Å². The van der Waals surface area contributed by atoms with Gasteiger partial charge in [-0.3, -0.25) is 14.4 Å². The summed E-state index contributed by atoms with van der Waals surface area (Å²) in [5.74, 6) is -3.69. The molecule has 2 N–H and O–H groups in total. The Balaban J connectivity index is 0.998. The van der Waals surface area contributed by atoms with Crippen LogP contribution >= 0.6 is 11.3 Å². The van der Waals surface area contributed by atoms with Crippen LogP contribution in [0.15, 0.2) is 72.8 Å². The van der Waals surface area contributed by atoms with E-state index in [4.69, 9.17) is 9.72 Å². The second kappa shape index (κ2) is 14.0. The van der Waals surface area contributed by atoms with Crippen LogP contribution in [-0.4, -0.2) is 55.6 Å². The van der Waals surface area contributed by atoms with E-state index in [0.29, 0.717) is 38.8 Å². The zero-order chi connectivity index (χ0) is 37.7. The lowest BCUT2D eigenvalue weighted by molar-refractivity contribution is -0.000520. The van der Waals surface area contributed by atoms with Gasteiger partial charge in [0.25, 0.3) is 17.7 Å². The predicted octanol–water partition coefficient (Wildman–Crippen LogP) is 8.17. The number of hydrogen-bond acceptors (Lipinski definition) is 7. The summed E-state index contributed by atoms with van der Waals surface area (Å²) in [7, 11) is 0. The van der Waals surface area contributed by atoms with Gasteiger partial charge in [-0.25, -0.2) is 18.2 Å². The molecular weight excluding hydrogens is 716 g/mol. The number of para-hydroxylation sites is 2. The van der Waals surface area contributed by atoms with E-state index in [1.54, 1.807) is 53.4 Å². The topological polar surface area (TPSA) is 104 Å². The van der Waals surface area contributed by atoms with E-state index in [1.165, 1.54) is 6.07 Å². The molecule has 1 spiro atoms. The molecule has 9 nitrogen and oxygen atoms in total. The fourth-order valence-corrected chi connectivity index (χ4v) is 8.62. The first-order valence-electron chi connectivity index (χ1n) is 17.7. The Morgan fingerprint density at radius 1 is 0.870 bits per heavy atom. The molecule has 0 aliphatic carbocycles. The molecular formula is C41H36F3N5O4S. The Kier molecular flexibility index (Phi) is 9.22. The molecule has 0 saturated carbocycles. The number of pyridine rings is 1. The Hall–Kier alpha value is -5.53. The highest BCUT2D eigenvalue weighted by Crippen LogP contribution is 2.45. The maximum absolute atomic E-state index is 15.9.